The van der Waals surface area contributed by atoms with Gasteiger partial charge in [0.15, 0.2) is 0 Å². The summed E-state index contributed by atoms with van der Waals surface area (Å²) in [5.41, 5.74) is 3.00. The molecule has 3 heterocycles. The molecule has 106 valence electrons. The third-order valence-electron chi connectivity index (χ3n) is 3.48. The third-order valence-corrected chi connectivity index (χ3v) is 4.12. The summed E-state index contributed by atoms with van der Waals surface area (Å²) in [6.07, 6.45) is 1.06. The molecule has 2 aromatic rings. The molecule has 1 saturated heterocycles. The Morgan fingerprint density at radius 3 is 2.95 bits per heavy atom. The molecule has 0 bridgehead atoms. The topological polar surface area (TPSA) is 32.3 Å². The highest BCUT2D eigenvalue weighted by Crippen LogP contribution is 2.15. The summed E-state index contributed by atoms with van der Waals surface area (Å²) in [6.45, 7) is 4.69. The van der Waals surface area contributed by atoms with Crippen LogP contribution in [-0.4, -0.2) is 41.0 Å². The van der Waals surface area contributed by atoms with Gasteiger partial charge in [-0.05, 0) is 18.6 Å². The van der Waals surface area contributed by atoms with E-state index < -0.39 is 5.95 Å². The molecule has 1 aliphatic rings. The second-order valence-electron chi connectivity index (χ2n) is 4.92. The number of thiazole rings is 1. The number of hydrogen-bond acceptors (Lipinski definition) is 5. The van der Waals surface area contributed by atoms with Crippen LogP contribution in [0.15, 0.2) is 29.1 Å². The average Bonchev–Trinajstić information content (AvgIpc) is 2.84. The monoisotopic (exact) mass is 292 g/mol. The number of anilines is 1. The van der Waals surface area contributed by atoms with E-state index in [1.807, 2.05) is 11.6 Å². The van der Waals surface area contributed by atoms with Crippen LogP contribution in [-0.2, 0) is 6.54 Å². The highest BCUT2D eigenvalue weighted by atomic mass is 32.1. The van der Waals surface area contributed by atoms with Crippen LogP contribution in [0.2, 0.25) is 0 Å². The van der Waals surface area contributed by atoms with Crippen LogP contribution in [0.3, 0.4) is 0 Å². The van der Waals surface area contributed by atoms with Crippen LogP contribution in [0.25, 0.3) is 0 Å². The molecule has 6 heteroatoms. The van der Waals surface area contributed by atoms with E-state index in [1.165, 1.54) is 6.07 Å². The highest BCUT2D eigenvalue weighted by Gasteiger charge is 2.16. The molecule has 0 aliphatic carbocycles. The summed E-state index contributed by atoms with van der Waals surface area (Å²) in [5, 5.41) is 2.09. The van der Waals surface area contributed by atoms with Gasteiger partial charge in [-0.15, -0.1) is 11.3 Å². The van der Waals surface area contributed by atoms with Gasteiger partial charge in [-0.25, -0.2) is 9.97 Å². The fourth-order valence-electron chi connectivity index (χ4n) is 2.48. The Labute approximate surface area is 121 Å². The molecule has 0 amide bonds. The molecule has 0 saturated carbocycles. The fourth-order valence-corrected chi connectivity index (χ4v) is 3.03. The maximum absolute atomic E-state index is 13.2. The van der Waals surface area contributed by atoms with Crippen molar-refractivity contribution in [2.24, 2.45) is 0 Å². The molecule has 0 aromatic carbocycles. The predicted octanol–water partition coefficient (Wildman–Crippen LogP) is 2.39. The molecule has 1 fully saturated rings. The summed E-state index contributed by atoms with van der Waals surface area (Å²) in [5.74, 6) is 0.326. The first-order valence-electron chi connectivity index (χ1n) is 6.78. The van der Waals surface area contributed by atoms with Gasteiger partial charge in [0.05, 0.1) is 11.2 Å². The van der Waals surface area contributed by atoms with Gasteiger partial charge >= 0.3 is 0 Å². The van der Waals surface area contributed by atoms with Gasteiger partial charge in [-0.1, -0.05) is 6.07 Å². The van der Waals surface area contributed by atoms with Crippen molar-refractivity contribution in [1.29, 1.82) is 0 Å². The maximum atomic E-state index is 13.2. The number of aromatic nitrogens is 2. The van der Waals surface area contributed by atoms with Crippen LogP contribution >= 0.6 is 11.3 Å². The van der Waals surface area contributed by atoms with Crippen LogP contribution in [0.5, 0.6) is 0 Å². The highest BCUT2D eigenvalue weighted by molar-refractivity contribution is 7.07. The van der Waals surface area contributed by atoms with Crippen molar-refractivity contribution in [3.63, 3.8) is 0 Å². The third kappa shape index (κ3) is 3.32. The molecule has 0 atom stereocenters. The van der Waals surface area contributed by atoms with Crippen LogP contribution < -0.4 is 4.90 Å². The van der Waals surface area contributed by atoms with Crippen molar-refractivity contribution in [1.82, 2.24) is 14.9 Å². The second kappa shape index (κ2) is 6.28. The quantitative estimate of drug-likeness (QED) is 0.813. The normalized spacial score (nSPS) is 17.1. The molecular formula is C14H17FN4S. The minimum absolute atomic E-state index is 0.411. The van der Waals surface area contributed by atoms with Crippen molar-refractivity contribution >= 4 is 17.2 Å². The van der Waals surface area contributed by atoms with E-state index >= 15 is 0 Å². The zero-order chi connectivity index (χ0) is 13.8. The Kier molecular flexibility index (Phi) is 4.22. The number of hydrogen-bond donors (Lipinski definition) is 0. The lowest BCUT2D eigenvalue weighted by Crippen LogP contribution is -2.31. The molecule has 0 radical (unpaired) electrons. The van der Waals surface area contributed by atoms with E-state index in [1.54, 1.807) is 17.4 Å². The van der Waals surface area contributed by atoms with E-state index in [9.17, 15) is 4.39 Å². The van der Waals surface area contributed by atoms with Crippen LogP contribution in [0.4, 0.5) is 10.2 Å². The SMILES string of the molecule is Fc1cccc(N2CCCN(Cc3cscn3)CC2)n1. The van der Waals surface area contributed by atoms with Gasteiger partial charge < -0.3 is 4.90 Å². The smallest absolute Gasteiger partial charge is 0.214 e. The fraction of sp³-hybridized carbons (Fsp3) is 0.429. The van der Waals surface area contributed by atoms with Crippen molar-refractivity contribution in [3.05, 3.63) is 40.7 Å². The van der Waals surface area contributed by atoms with Crippen molar-refractivity contribution in [2.45, 2.75) is 13.0 Å². The average molecular weight is 292 g/mol. The first-order valence-corrected chi connectivity index (χ1v) is 7.72. The van der Waals surface area contributed by atoms with Gasteiger partial charge in [-0.2, -0.15) is 4.39 Å². The summed E-state index contributed by atoms with van der Waals surface area (Å²) in [7, 11) is 0. The Morgan fingerprint density at radius 2 is 2.15 bits per heavy atom. The number of pyridine rings is 1. The predicted molar refractivity (Wildman–Crippen MR) is 78.4 cm³/mol. The minimum Gasteiger partial charge on any atom is -0.355 e. The second-order valence-corrected chi connectivity index (χ2v) is 5.63. The lowest BCUT2D eigenvalue weighted by molar-refractivity contribution is 0.282. The Bertz CT molecular complexity index is 546. The number of halogens is 1. The molecular weight excluding hydrogens is 275 g/mol. The minimum atomic E-state index is -0.411. The Hall–Kier alpha value is -1.53. The molecule has 3 rings (SSSR count). The number of nitrogens with zero attached hydrogens (tertiary/aromatic N) is 4. The summed E-state index contributed by atoms with van der Waals surface area (Å²) in [4.78, 5) is 12.9. The Morgan fingerprint density at radius 1 is 1.20 bits per heavy atom. The molecule has 20 heavy (non-hydrogen) atoms. The van der Waals surface area contributed by atoms with Crippen molar-refractivity contribution in [3.8, 4) is 0 Å². The Balaban J connectivity index is 1.62. The van der Waals surface area contributed by atoms with Gasteiger partial charge in [0.25, 0.3) is 0 Å². The molecule has 4 nitrogen and oxygen atoms in total. The van der Waals surface area contributed by atoms with Gasteiger partial charge in [0.2, 0.25) is 5.95 Å². The van der Waals surface area contributed by atoms with Crippen molar-refractivity contribution in [2.75, 3.05) is 31.1 Å². The molecule has 0 N–H and O–H groups in total. The van der Waals surface area contributed by atoms with Crippen LogP contribution in [0.1, 0.15) is 12.1 Å². The first-order chi connectivity index (χ1) is 9.81. The van der Waals surface area contributed by atoms with Gasteiger partial charge in [-0.3, -0.25) is 4.90 Å². The van der Waals surface area contributed by atoms with E-state index in [4.69, 9.17) is 0 Å². The van der Waals surface area contributed by atoms with Crippen molar-refractivity contribution < 1.29 is 4.39 Å². The molecule has 0 unspecified atom stereocenters. The summed E-state index contributed by atoms with van der Waals surface area (Å²) < 4.78 is 13.2. The van der Waals surface area contributed by atoms with E-state index in [2.05, 4.69) is 25.1 Å². The van der Waals surface area contributed by atoms with Crippen LogP contribution in [0, 0.1) is 5.95 Å². The molecule has 1 aliphatic heterocycles. The largest absolute Gasteiger partial charge is 0.355 e. The standard InChI is InChI=1S/C14H17FN4S/c15-13-3-1-4-14(17-13)19-6-2-5-18(7-8-19)9-12-10-20-11-16-12/h1,3-4,10-11H,2,5-9H2. The number of rotatable bonds is 3. The zero-order valence-corrected chi connectivity index (χ0v) is 12.0. The van der Waals surface area contributed by atoms with Gasteiger partial charge in [0, 0.05) is 38.1 Å². The first kappa shape index (κ1) is 13.5. The van der Waals surface area contributed by atoms with E-state index in [-0.39, 0.29) is 0 Å². The van der Waals surface area contributed by atoms with E-state index in [0.717, 1.165) is 50.7 Å². The lowest BCUT2D eigenvalue weighted by atomic mass is 10.3. The lowest BCUT2D eigenvalue weighted by Gasteiger charge is -2.22. The maximum Gasteiger partial charge on any atom is 0.214 e. The molecule has 2 aromatic heterocycles. The van der Waals surface area contributed by atoms with E-state index in [0.29, 0.717) is 0 Å². The molecule has 0 spiro atoms. The van der Waals surface area contributed by atoms with Gasteiger partial charge in [0.1, 0.15) is 5.82 Å². The summed E-state index contributed by atoms with van der Waals surface area (Å²) >= 11 is 1.63. The summed E-state index contributed by atoms with van der Waals surface area (Å²) in [6, 6.07) is 4.98. The zero-order valence-electron chi connectivity index (χ0n) is 11.2.